The van der Waals surface area contributed by atoms with Gasteiger partial charge >= 0.3 is 5.69 Å². The average Bonchev–Trinajstić information content (AvgIpc) is 2.84. The molecule has 6 N–H and O–H groups in total. The zero-order valence-corrected chi connectivity index (χ0v) is 23.0. The van der Waals surface area contributed by atoms with Crippen LogP contribution >= 0.6 is 0 Å². The Bertz CT molecular complexity index is 1400. The molecule has 1 saturated carbocycles. The summed E-state index contributed by atoms with van der Waals surface area (Å²) in [7, 11) is 3.04. The van der Waals surface area contributed by atoms with Crippen LogP contribution in [0.1, 0.15) is 44.7 Å². The lowest BCUT2D eigenvalue weighted by Crippen LogP contribution is -2.65. The van der Waals surface area contributed by atoms with Crippen LogP contribution in [0.15, 0.2) is 23.0 Å². The molecule has 3 aliphatic carbocycles. The van der Waals surface area contributed by atoms with Crippen molar-refractivity contribution in [2.24, 2.45) is 17.6 Å². The first kappa shape index (κ1) is 29.0. The second-order valence-corrected chi connectivity index (χ2v) is 11.1. The molecule has 0 bridgehead atoms. The van der Waals surface area contributed by atoms with Crippen LogP contribution in [0.3, 0.4) is 0 Å². The third-order valence-electron chi connectivity index (χ3n) is 8.27. The van der Waals surface area contributed by atoms with Gasteiger partial charge in [-0.15, -0.1) is 0 Å². The van der Waals surface area contributed by atoms with E-state index < -0.39 is 74.4 Å². The maximum atomic E-state index is 14.0. The summed E-state index contributed by atoms with van der Waals surface area (Å²) in [5, 5.41) is 56.9. The number of nitro benzene ring substituents is 1. The molecule has 3 aliphatic rings. The Kier molecular flexibility index (Phi) is 7.18. The third kappa shape index (κ3) is 3.94. The number of carbonyl (C=O) groups excluding carboxylic acids is 3. The average molecular weight is 559 g/mol. The Morgan fingerprint density at radius 3 is 2.38 bits per heavy atom. The zero-order chi connectivity index (χ0) is 30.0. The largest absolute Gasteiger partial charge is 0.508 e. The van der Waals surface area contributed by atoms with Gasteiger partial charge in [-0.2, -0.15) is 0 Å². The van der Waals surface area contributed by atoms with E-state index in [0.29, 0.717) is 24.2 Å². The minimum atomic E-state index is -2.78. The molecule has 0 aromatic heterocycles. The van der Waals surface area contributed by atoms with Gasteiger partial charge in [0.25, 0.3) is 5.91 Å². The number of aromatic hydroxyl groups is 1. The van der Waals surface area contributed by atoms with E-state index in [4.69, 9.17) is 5.73 Å². The first-order chi connectivity index (χ1) is 18.6. The fourth-order valence-electron chi connectivity index (χ4n) is 6.57. The first-order valence-electron chi connectivity index (χ1n) is 13.1. The monoisotopic (exact) mass is 558 g/mol. The van der Waals surface area contributed by atoms with E-state index in [1.54, 1.807) is 0 Å². The minimum Gasteiger partial charge on any atom is -0.508 e. The van der Waals surface area contributed by atoms with Crippen molar-refractivity contribution < 1.29 is 39.7 Å². The molecule has 4 atom stereocenters. The molecule has 1 fully saturated rings. The van der Waals surface area contributed by atoms with Crippen LogP contribution in [0.5, 0.6) is 5.75 Å². The SMILES string of the molecule is CCCN(c1cc([N+](=O)[O-])c(O)c2c1CC1CC3[C@H](N(C)C)C(=O)C(C(N)=O)=C(O)[C@@]3(O)C(=O)C1=C2O)C(C)C. The highest BCUT2D eigenvalue weighted by molar-refractivity contribution is 6.24. The highest BCUT2D eigenvalue weighted by Gasteiger charge is 2.64. The summed E-state index contributed by atoms with van der Waals surface area (Å²) in [4.78, 5) is 53.7. The summed E-state index contributed by atoms with van der Waals surface area (Å²) in [5.41, 5.74) is 1.11. The number of amides is 1. The summed E-state index contributed by atoms with van der Waals surface area (Å²) >= 11 is 0. The van der Waals surface area contributed by atoms with Gasteiger partial charge in [0.05, 0.1) is 16.5 Å². The molecular formula is C27H34N4O9. The van der Waals surface area contributed by atoms with Gasteiger partial charge in [0.2, 0.25) is 11.5 Å². The Morgan fingerprint density at radius 1 is 1.25 bits per heavy atom. The zero-order valence-electron chi connectivity index (χ0n) is 23.0. The van der Waals surface area contributed by atoms with Gasteiger partial charge in [-0.1, -0.05) is 6.92 Å². The lowest BCUT2D eigenvalue weighted by molar-refractivity contribution is -0.385. The number of phenols is 1. The molecule has 2 unspecified atom stereocenters. The number of phenolic OH excluding ortho intramolecular Hbond substituents is 1. The Balaban J connectivity index is 2.04. The van der Waals surface area contributed by atoms with Crippen molar-refractivity contribution in [3.05, 3.63) is 44.2 Å². The predicted molar refractivity (Wildman–Crippen MR) is 144 cm³/mol. The molecule has 216 valence electrons. The van der Waals surface area contributed by atoms with Crippen LogP contribution in [0.4, 0.5) is 11.4 Å². The van der Waals surface area contributed by atoms with E-state index in [1.807, 2.05) is 25.7 Å². The number of hydrogen-bond acceptors (Lipinski definition) is 11. The Labute approximate surface area is 230 Å². The standard InChI is InChI=1S/C27H34N4O9/c1-6-7-30(11(2)3)15-10-16(31(39)40)21(32)18-13(15)8-12-9-14-20(29(4)5)23(34)19(26(28)37)25(36)27(14,38)24(35)17(12)22(18)33/h10-12,14,20,32-33,36,38H,6-9H2,1-5H3,(H2,28,37)/t12?,14?,20-,27-/m0/s1. The molecule has 1 aromatic rings. The molecule has 1 aromatic carbocycles. The smallest absolute Gasteiger partial charge is 0.313 e. The van der Waals surface area contributed by atoms with E-state index in [1.165, 1.54) is 25.1 Å². The van der Waals surface area contributed by atoms with Crippen LogP contribution in [0.2, 0.25) is 0 Å². The summed E-state index contributed by atoms with van der Waals surface area (Å²) in [6.45, 7) is 6.25. The summed E-state index contributed by atoms with van der Waals surface area (Å²) in [5.74, 6) is -8.12. The fourth-order valence-corrected chi connectivity index (χ4v) is 6.57. The first-order valence-corrected chi connectivity index (χ1v) is 13.1. The van der Waals surface area contributed by atoms with Crippen LogP contribution in [-0.4, -0.2) is 86.0 Å². The number of fused-ring (bicyclic) bond motifs is 3. The topological polar surface area (TPSA) is 208 Å². The van der Waals surface area contributed by atoms with Crippen molar-refractivity contribution in [3.8, 4) is 5.75 Å². The van der Waals surface area contributed by atoms with Gasteiger partial charge in [-0.05, 0) is 58.7 Å². The molecular weight excluding hydrogens is 524 g/mol. The van der Waals surface area contributed by atoms with Gasteiger partial charge in [0.15, 0.2) is 11.4 Å². The van der Waals surface area contributed by atoms with E-state index in [2.05, 4.69) is 0 Å². The lowest BCUT2D eigenvalue weighted by atomic mass is 9.57. The molecule has 0 spiro atoms. The summed E-state index contributed by atoms with van der Waals surface area (Å²) in [6.07, 6.45) is 0.674. The third-order valence-corrected chi connectivity index (χ3v) is 8.27. The highest BCUT2D eigenvalue weighted by Crippen LogP contribution is 2.55. The number of primary amides is 1. The Morgan fingerprint density at radius 2 is 1.88 bits per heavy atom. The molecule has 13 heteroatoms. The molecule has 1 amide bonds. The minimum absolute atomic E-state index is 0.0440. The molecule has 0 heterocycles. The van der Waals surface area contributed by atoms with Crippen LogP contribution < -0.4 is 10.6 Å². The molecule has 13 nitrogen and oxygen atoms in total. The van der Waals surface area contributed by atoms with Crippen molar-refractivity contribution in [1.82, 2.24) is 4.90 Å². The van der Waals surface area contributed by atoms with Crippen LogP contribution in [0, 0.1) is 22.0 Å². The van der Waals surface area contributed by atoms with E-state index in [-0.39, 0.29) is 30.0 Å². The number of ketones is 2. The van der Waals surface area contributed by atoms with Gasteiger partial charge in [0, 0.05) is 35.8 Å². The molecule has 0 saturated heterocycles. The number of benzene rings is 1. The number of aliphatic hydroxyl groups excluding tert-OH is 2. The van der Waals surface area contributed by atoms with Crippen molar-refractivity contribution in [1.29, 1.82) is 0 Å². The number of likely N-dealkylation sites (N-methyl/N-ethyl adjacent to an activating group) is 1. The number of Topliss-reactive ketones (excluding diaryl/α,β-unsaturated/α-hetero) is 2. The van der Waals surface area contributed by atoms with E-state index in [0.717, 1.165) is 0 Å². The maximum absolute atomic E-state index is 14.0. The van der Waals surface area contributed by atoms with Crippen LogP contribution in [0.25, 0.3) is 5.76 Å². The second-order valence-electron chi connectivity index (χ2n) is 11.1. The molecule has 0 radical (unpaired) electrons. The van der Waals surface area contributed by atoms with Crippen molar-refractivity contribution in [2.75, 3.05) is 25.5 Å². The number of nitrogens with zero attached hydrogens (tertiary/aromatic N) is 3. The van der Waals surface area contributed by atoms with Crippen molar-refractivity contribution in [3.63, 3.8) is 0 Å². The predicted octanol–water partition coefficient (Wildman–Crippen LogP) is 1.50. The van der Waals surface area contributed by atoms with Crippen molar-refractivity contribution >= 4 is 34.6 Å². The van der Waals surface area contributed by atoms with Gasteiger partial charge in [-0.25, -0.2) is 0 Å². The van der Waals surface area contributed by atoms with Gasteiger partial charge in [0.1, 0.15) is 17.1 Å². The summed E-state index contributed by atoms with van der Waals surface area (Å²) in [6, 6.07) is -0.0552. The Hall–Kier alpha value is -3.97. The number of anilines is 1. The lowest BCUT2D eigenvalue weighted by Gasteiger charge is -2.50. The quantitative estimate of drug-likeness (QED) is 0.184. The van der Waals surface area contributed by atoms with Crippen LogP contribution in [-0.2, 0) is 20.8 Å². The normalized spacial score (nSPS) is 26.1. The summed E-state index contributed by atoms with van der Waals surface area (Å²) < 4.78 is 0. The fraction of sp³-hybridized carbons (Fsp3) is 0.519. The number of nitro groups is 1. The van der Waals surface area contributed by atoms with Gasteiger partial charge < -0.3 is 31.1 Å². The number of carbonyl (C=O) groups is 3. The van der Waals surface area contributed by atoms with Crippen molar-refractivity contribution in [2.45, 2.75) is 57.7 Å². The van der Waals surface area contributed by atoms with Gasteiger partial charge in [-0.3, -0.25) is 29.4 Å². The highest BCUT2D eigenvalue weighted by atomic mass is 16.6. The van der Waals surface area contributed by atoms with E-state index >= 15 is 0 Å². The number of aliphatic hydroxyl groups is 3. The molecule has 4 rings (SSSR count). The van der Waals surface area contributed by atoms with E-state index in [9.17, 15) is 44.9 Å². The molecule has 0 aliphatic heterocycles. The number of nitrogens with two attached hydrogens (primary N) is 1. The number of hydrogen-bond donors (Lipinski definition) is 5. The molecule has 40 heavy (non-hydrogen) atoms. The number of rotatable bonds is 7. The second kappa shape index (κ2) is 9.89. The maximum Gasteiger partial charge on any atom is 0.313 e.